The normalized spacial score (nSPS) is 15.3. The quantitative estimate of drug-likeness (QED) is 0.454. The SMILES string of the molecule is Cc1cc(/C=C2/SC(=O)N(CCCc3ccccc3)C2=O)c(C)n1-c1ccc(F)cc1. The van der Waals surface area contributed by atoms with Gasteiger partial charge in [-0.3, -0.25) is 14.5 Å². The number of rotatable bonds is 6. The molecule has 0 N–H and O–H groups in total. The van der Waals surface area contributed by atoms with Gasteiger partial charge in [0.1, 0.15) is 5.82 Å². The van der Waals surface area contributed by atoms with Crippen molar-refractivity contribution in [3.05, 3.63) is 93.9 Å². The number of imide groups is 1. The van der Waals surface area contributed by atoms with Gasteiger partial charge in [-0.25, -0.2) is 4.39 Å². The summed E-state index contributed by atoms with van der Waals surface area (Å²) in [5, 5.41) is -0.225. The van der Waals surface area contributed by atoms with Gasteiger partial charge in [0.15, 0.2) is 0 Å². The third-order valence-electron chi connectivity index (χ3n) is 5.41. The van der Waals surface area contributed by atoms with Gasteiger partial charge in [-0.15, -0.1) is 0 Å². The molecule has 4 nitrogen and oxygen atoms in total. The number of nitrogens with zero attached hydrogens (tertiary/aromatic N) is 2. The van der Waals surface area contributed by atoms with Gasteiger partial charge in [-0.1, -0.05) is 30.3 Å². The lowest BCUT2D eigenvalue weighted by molar-refractivity contribution is -0.122. The van der Waals surface area contributed by atoms with Crippen LogP contribution in [0.15, 0.2) is 65.6 Å². The van der Waals surface area contributed by atoms with E-state index >= 15 is 0 Å². The van der Waals surface area contributed by atoms with E-state index in [1.165, 1.54) is 22.6 Å². The van der Waals surface area contributed by atoms with Gasteiger partial charge in [0.2, 0.25) is 0 Å². The molecule has 158 valence electrons. The molecule has 1 fully saturated rings. The molecule has 1 saturated heterocycles. The average molecular weight is 435 g/mol. The number of carbonyl (C=O) groups is 2. The predicted octanol–water partition coefficient (Wildman–Crippen LogP) is 5.90. The van der Waals surface area contributed by atoms with Crippen LogP contribution in [-0.2, 0) is 11.2 Å². The maximum Gasteiger partial charge on any atom is 0.293 e. The van der Waals surface area contributed by atoms with Crippen LogP contribution in [0.1, 0.15) is 28.9 Å². The van der Waals surface area contributed by atoms with Crippen molar-refractivity contribution in [3.8, 4) is 5.69 Å². The number of hydrogen-bond donors (Lipinski definition) is 0. The number of amides is 2. The lowest BCUT2D eigenvalue weighted by Gasteiger charge is -2.12. The molecule has 1 aliphatic heterocycles. The van der Waals surface area contributed by atoms with Crippen LogP contribution in [0.5, 0.6) is 0 Å². The minimum atomic E-state index is -0.285. The first-order chi connectivity index (χ1) is 14.9. The number of benzene rings is 2. The topological polar surface area (TPSA) is 42.3 Å². The summed E-state index contributed by atoms with van der Waals surface area (Å²) >= 11 is 0.984. The van der Waals surface area contributed by atoms with E-state index in [0.29, 0.717) is 11.4 Å². The maximum atomic E-state index is 13.3. The van der Waals surface area contributed by atoms with Gasteiger partial charge in [-0.05, 0) is 86.0 Å². The lowest BCUT2D eigenvalue weighted by Crippen LogP contribution is -2.29. The summed E-state index contributed by atoms with van der Waals surface area (Å²) in [6.45, 7) is 4.32. The molecule has 2 amide bonds. The second kappa shape index (κ2) is 8.94. The van der Waals surface area contributed by atoms with Crippen LogP contribution in [0, 0.1) is 19.7 Å². The Morgan fingerprint density at radius 2 is 1.71 bits per heavy atom. The fourth-order valence-electron chi connectivity index (χ4n) is 3.84. The minimum Gasteiger partial charge on any atom is -0.318 e. The lowest BCUT2D eigenvalue weighted by atomic mass is 10.1. The molecule has 3 aromatic rings. The molecule has 2 heterocycles. The highest BCUT2D eigenvalue weighted by Gasteiger charge is 2.34. The van der Waals surface area contributed by atoms with Crippen LogP contribution in [0.25, 0.3) is 11.8 Å². The van der Waals surface area contributed by atoms with E-state index < -0.39 is 0 Å². The van der Waals surface area contributed by atoms with Gasteiger partial charge in [-0.2, -0.15) is 0 Å². The summed E-state index contributed by atoms with van der Waals surface area (Å²) in [6, 6.07) is 18.3. The molecule has 1 aliphatic rings. The Balaban J connectivity index is 1.50. The first-order valence-corrected chi connectivity index (χ1v) is 11.0. The number of hydrogen-bond acceptors (Lipinski definition) is 3. The number of thioether (sulfide) groups is 1. The highest BCUT2D eigenvalue weighted by molar-refractivity contribution is 8.18. The van der Waals surface area contributed by atoms with Crippen molar-refractivity contribution in [3.63, 3.8) is 0 Å². The fraction of sp³-hybridized carbons (Fsp3) is 0.200. The second-order valence-corrected chi connectivity index (χ2v) is 8.55. The Hall–Kier alpha value is -3.12. The summed E-state index contributed by atoms with van der Waals surface area (Å²) in [5.41, 5.74) is 4.82. The monoisotopic (exact) mass is 434 g/mol. The zero-order valence-electron chi connectivity index (χ0n) is 17.5. The van der Waals surface area contributed by atoms with Gasteiger partial charge < -0.3 is 4.57 Å². The number of carbonyl (C=O) groups excluding carboxylic acids is 2. The minimum absolute atomic E-state index is 0.225. The van der Waals surface area contributed by atoms with Crippen molar-refractivity contribution in [2.24, 2.45) is 0 Å². The van der Waals surface area contributed by atoms with Gasteiger partial charge in [0.25, 0.3) is 11.1 Å². The molecular weight excluding hydrogens is 411 g/mol. The molecule has 4 rings (SSSR count). The molecule has 2 aromatic carbocycles. The van der Waals surface area contributed by atoms with E-state index in [2.05, 4.69) is 0 Å². The molecule has 0 unspecified atom stereocenters. The fourth-order valence-corrected chi connectivity index (χ4v) is 4.70. The molecule has 31 heavy (non-hydrogen) atoms. The van der Waals surface area contributed by atoms with Gasteiger partial charge in [0, 0.05) is 23.6 Å². The largest absolute Gasteiger partial charge is 0.318 e. The van der Waals surface area contributed by atoms with Crippen LogP contribution >= 0.6 is 11.8 Å². The average Bonchev–Trinajstić information content (AvgIpc) is 3.19. The predicted molar refractivity (Wildman–Crippen MR) is 123 cm³/mol. The second-order valence-electron chi connectivity index (χ2n) is 7.56. The first kappa shape index (κ1) is 21.1. The number of aryl methyl sites for hydroxylation is 2. The first-order valence-electron chi connectivity index (χ1n) is 10.2. The summed E-state index contributed by atoms with van der Waals surface area (Å²) < 4.78 is 15.3. The van der Waals surface area contributed by atoms with E-state index in [0.717, 1.165) is 47.2 Å². The molecule has 0 bridgehead atoms. The molecular formula is C25H23FN2O2S. The number of halogens is 1. The van der Waals surface area contributed by atoms with E-state index in [1.54, 1.807) is 18.2 Å². The molecule has 0 atom stereocenters. The van der Waals surface area contributed by atoms with E-state index in [4.69, 9.17) is 0 Å². The summed E-state index contributed by atoms with van der Waals surface area (Å²) in [7, 11) is 0. The maximum absolute atomic E-state index is 13.3. The Morgan fingerprint density at radius 1 is 1.00 bits per heavy atom. The van der Waals surface area contributed by atoms with E-state index in [9.17, 15) is 14.0 Å². The Labute approximate surface area is 185 Å². The third-order valence-corrected chi connectivity index (χ3v) is 6.31. The highest BCUT2D eigenvalue weighted by Crippen LogP contribution is 2.34. The Kier molecular flexibility index (Phi) is 6.09. The molecule has 0 saturated carbocycles. The van der Waals surface area contributed by atoms with Crippen molar-refractivity contribution in [1.29, 1.82) is 0 Å². The third kappa shape index (κ3) is 4.49. The van der Waals surface area contributed by atoms with Crippen LogP contribution in [0.2, 0.25) is 0 Å². The zero-order valence-corrected chi connectivity index (χ0v) is 18.3. The van der Waals surface area contributed by atoms with Gasteiger partial charge >= 0.3 is 0 Å². The van der Waals surface area contributed by atoms with Gasteiger partial charge in [0.05, 0.1) is 4.91 Å². The Morgan fingerprint density at radius 3 is 2.42 bits per heavy atom. The van der Waals surface area contributed by atoms with Crippen molar-refractivity contribution >= 4 is 29.0 Å². The molecule has 0 aliphatic carbocycles. The van der Waals surface area contributed by atoms with Crippen LogP contribution in [-0.4, -0.2) is 27.2 Å². The Bertz CT molecular complexity index is 1150. The summed E-state index contributed by atoms with van der Waals surface area (Å²) in [6.07, 6.45) is 3.33. The zero-order chi connectivity index (χ0) is 22.0. The van der Waals surface area contributed by atoms with Crippen molar-refractivity contribution < 1.29 is 14.0 Å². The molecule has 6 heteroatoms. The van der Waals surface area contributed by atoms with Crippen molar-refractivity contribution in [2.75, 3.05) is 6.54 Å². The van der Waals surface area contributed by atoms with E-state index in [-0.39, 0.29) is 17.0 Å². The smallest absolute Gasteiger partial charge is 0.293 e. The molecule has 0 radical (unpaired) electrons. The van der Waals surface area contributed by atoms with Crippen LogP contribution < -0.4 is 0 Å². The highest BCUT2D eigenvalue weighted by atomic mass is 32.2. The molecule has 0 spiro atoms. The summed E-state index contributed by atoms with van der Waals surface area (Å²) in [5.74, 6) is -0.526. The van der Waals surface area contributed by atoms with Crippen LogP contribution in [0.4, 0.5) is 9.18 Å². The van der Waals surface area contributed by atoms with Crippen molar-refractivity contribution in [2.45, 2.75) is 26.7 Å². The molecule has 1 aromatic heterocycles. The standard InChI is InChI=1S/C25H23FN2O2S/c1-17-15-20(18(2)28(17)22-12-10-21(26)11-13-22)16-23-24(29)27(25(30)31-23)14-6-9-19-7-4-3-5-8-19/h3-5,7-8,10-13,15-16H,6,9,14H2,1-2H3/b23-16+. The van der Waals surface area contributed by atoms with E-state index in [1.807, 2.05) is 54.8 Å². The number of aromatic nitrogens is 1. The van der Waals surface area contributed by atoms with Crippen molar-refractivity contribution in [1.82, 2.24) is 9.47 Å². The summed E-state index contributed by atoms with van der Waals surface area (Å²) in [4.78, 5) is 27.0. The van der Waals surface area contributed by atoms with Crippen LogP contribution in [0.3, 0.4) is 0 Å².